The molecule has 2 N–H and O–H groups in total. The van der Waals surface area contributed by atoms with Crippen LogP contribution in [0.25, 0.3) is 16.9 Å². The summed E-state index contributed by atoms with van der Waals surface area (Å²) in [4.78, 5) is 38.3. The molecule has 1 aliphatic rings. The summed E-state index contributed by atoms with van der Waals surface area (Å²) in [7, 11) is 0. The monoisotopic (exact) mass is 633 g/mol. The van der Waals surface area contributed by atoms with E-state index >= 15 is 0 Å². The van der Waals surface area contributed by atoms with Gasteiger partial charge in [0.1, 0.15) is 11.4 Å². The highest BCUT2D eigenvalue weighted by Crippen LogP contribution is 2.37. The molecule has 240 valence electrons. The van der Waals surface area contributed by atoms with Crippen molar-refractivity contribution in [3.05, 3.63) is 125 Å². The number of esters is 2. The molecule has 1 atom stereocenters. The lowest BCUT2D eigenvalue weighted by atomic mass is 9.82. The Kier molecular flexibility index (Phi) is 10.6. The molecule has 1 amide bonds. The third-order valence-corrected chi connectivity index (χ3v) is 7.24. The van der Waals surface area contributed by atoms with Crippen molar-refractivity contribution in [2.75, 3.05) is 19.8 Å². The van der Waals surface area contributed by atoms with Gasteiger partial charge in [-0.25, -0.2) is 19.7 Å². The van der Waals surface area contributed by atoms with Gasteiger partial charge < -0.3 is 19.5 Å². The second-order valence-electron chi connectivity index (χ2n) is 10.4. The Morgan fingerprint density at radius 1 is 0.915 bits per heavy atom. The van der Waals surface area contributed by atoms with Crippen molar-refractivity contribution < 1.29 is 28.6 Å². The molecule has 4 aromatic rings. The van der Waals surface area contributed by atoms with Gasteiger partial charge in [0.15, 0.2) is 6.61 Å². The molecule has 0 saturated carbocycles. The Hall–Kier alpha value is -5.97. The quantitative estimate of drug-likeness (QED) is 0.126. The molecule has 0 fully saturated rings. The van der Waals surface area contributed by atoms with E-state index in [1.807, 2.05) is 66.9 Å². The number of amides is 1. The fraction of sp³-hybridized carbons (Fsp3) is 0.194. The minimum absolute atomic E-state index is 0.185. The van der Waals surface area contributed by atoms with E-state index in [2.05, 4.69) is 15.8 Å². The third-order valence-electron chi connectivity index (χ3n) is 7.24. The summed E-state index contributed by atoms with van der Waals surface area (Å²) in [6, 6.07) is 26.2. The first-order chi connectivity index (χ1) is 22.9. The molecular formula is C36H35N5O6. The van der Waals surface area contributed by atoms with Gasteiger partial charge >= 0.3 is 11.9 Å². The summed E-state index contributed by atoms with van der Waals surface area (Å²) in [5, 5.41) is 11.9. The van der Waals surface area contributed by atoms with Crippen LogP contribution in [-0.2, 0) is 23.9 Å². The molecular weight excluding hydrogens is 598 g/mol. The normalized spacial score (nSPS) is 14.3. The Bertz CT molecular complexity index is 1810. The number of carbonyl (C=O) groups is 3. The highest BCUT2D eigenvalue weighted by atomic mass is 16.5. The van der Waals surface area contributed by atoms with E-state index in [-0.39, 0.29) is 25.4 Å². The number of rotatable bonds is 12. The largest absolute Gasteiger partial charge is 0.484 e. The van der Waals surface area contributed by atoms with Crippen LogP contribution in [-0.4, -0.2) is 53.7 Å². The minimum Gasteiger partial charge on any atom is -0.484 e. The number of nitrogens with one attached hydrogen (secondary N) is 2. The molecule has 0 bridgehead atoms. The van der Waals surface area contributed by atoms with Crippen molar-refractivity contribution in [2.24, 2.45) is 5.10 Å². The van der Waals surface area contributed by atoms with Gasteiger partial charge in [0, 0.05) is 29.2 Å². The van der Waals surface area contributed by atoms with Crippen LogP contribution >= 0.6 is 0 Å². The number of allylic oxidation sites excluding steroid dienone is 1. The Balaban J connectivity index is 1.26. The average Bonchev–Trinajstić information content (AvgIpc) is 3.52. The number of ether oxygens (including phenoxy) is 3. The summed E-state index contributed by atoms with van der Waals surface area (Å²) in [6.45, 7) is 5.26. The molecule has 3 aromatic carbocycles. The molecule has 0 radical (unpaired) electrons. The number of hydrogen-bond acceptors (Lipinski definition) is 9. The molecule has 1 aromatic heterocycles. The second-order valence-corrected chi connectivity index (χ2v) is 10.4. The van der Waals surface area contributed by atoms with Crippen molar-refractivity contribution in [3.63, 3.8) is 0 Å². The lowest BCUT2D eigenvalue weighted by molar-refractivity contribution is -0.139. The average molecular weight is 634 g/mol. The number of dihydropyridines is 1. The first kappa shape index (κ1) is 32.4. The SMILES string of the molecule is CCOC(=O)C1=CNC(C)=C(C(=O)OCC)C1c1ccc(OCC(=O)N/N=C/c2cn(-c3ccccc3)nc2-c2ccccc2)cc1. The van der Waals surface area contributed by atoms with E-state index in [0.717, 1.165) is 22.5 Å². The lowest BCUT2D eigenvalue weighted by Crippen LogP contribution is -2.29. The van der Waals surface area contributed by atoms with Crippen molar-refractivity contribution >= 4 is 24.1 Å². The maximum absolute atomic E-state index is 12.9. The molecule has 0 saturated heterocycles. The van der Waals surface area contributed by atoms with Gasteiger partial charge in [0.25, 0.3) is 5.91 Å². The Labute approximate surface area is 272 Å². The first-order valence-electron chi connectivity index (χ1n) is 15.2. The molecule has 47 heavy (non-hydrogen) atoms. The highest BCUT2D eigenvalue weighted by Gasteiger charge is 2.35. The molecule has 2 heterocycles. The number of carbonyl (C=O) groups excluding carboxylic acids is 3. The Morgan fingerprint density at radius 2 is 1.57 bits per heavy atom. The van der Waals surface area contributed by atoms with E-state index in [1.54, 1.807) is 62.1 Å². The zero-order valence-electron chi connectivity index (χ0n) is 26.3. The predicted molar refractivity (Wildman–Crippen MR) is 177 cm³/mol. The van der Waals surface area contributed by atoms with E-state index in [0.29, 0.717) is 22.6 Å². The van der Waals surface area contributed by atoms with E-state index in [1.165, 1.54) is 0 Å². The van der Waals surface area contributed by atoms with Crippen LogP contribution in [0.3, 0.4) is 0 Å². The van der Waals surface area contributed by atoms with Gasteiger partial charge in [-0.15, -0.1) is 0 Å². The number of benzene rings is 3. The molecule has 0 aliphatic carbocycles. The van der Waals surface area contributed by atoms with E-state index in [9.17, 15) is 14.4 Å². The highest BCUT2D eigenvalue weighted by molar-refractivity contribution is 5.99. The molecule has 5 rings (SSSR count). The van der Waals surface area contributed by atoms with Crippen LogP contribution in [0, 0.1) is 0 Å². The molecule has 1 aliphatic heterocycles. The van der Waals surface area contributed by atoms with Crippen LogP contribution < -0.4 is 15.5 Å². The maximum Gasteiger partial charge on any atom is 0.336 e. The second kappa shape index (κ2) is 15.3. The number of hydrogen-bond donors (Lipinski definition) is 2. The van der Waals surface area contributed by atoms with Crippen molar-refractivity contribution in [1.82, 2.24) is 20.5 Å². The number of nitrogens with zero attached hydrogens (tertiary/aromatic N) is 3. The molecule has 11 nitrogen and oxygen atoms in total. The Morgan fingerprint density at radius 3 is 2.26 bits per heavy atom. The number of aromatic nitrogens is 2. The summed E-state index contributed by atoms with van der Waals surface area (Å²) < 4.78 is 18.0. The summed E-state index contributed by atoms with van der Waals surface area (Å²) in [5.41, 5.74) is 7.56. The molecule has 0 spiro atoms. The zero-order chi connectivity index (χ0) is 33.2. The van der Waals surface area contributed by atoms with Gasteiger partial charge in [-0.1, -0.05) is 60.7 Å². The van der Waals surface area contributed by atoms with Crippen molar-refractivity contribution in [1.29, 1.82) is 0 Å². The van der Waals surface area contributed by atoms with Crippen LogP contribution in [0.2, 0.25) is 0 Å². The van der Waals surface area contributed by atoms with Crippen molar-refractivity contribution in [2.45, 2.75) is 26.7 Å². The third kappa shape index (κ3) is 7.82. The topological polar surface area (TPSA) is 133 Å². The van der Waals surface area contributed by atoms with Gasteiger partial charge in [-0.2, -0.15) is 10.2 Å². The van der Waals surface area contributed by atoms with E-state index in [4.69, 9.17) is 19.3 Å². The van der Waals surface area contributed by atoms with Crippen LogP contribution in [0.1, 0.15) is 37.8 Å². The molecule has 11 heteroatoms. The number of para-hydroxylation sites is 1. The zero-order valence-corrected chi connectivity index (χ0v) is 26.3. The minimum atomic E-state index is -0.715. The smallest absolute Gasteiger partial charge is 0.336 e. The van der Waals surface area contributed by atoms with Crippen molar-refractivity contribution in [3.8, 4) is 22.7 Å². The predicted octanol–water partition coefficient (Wildman–Crippen LogP) is 5.04. The van der Waals surface area contributed by atoms with Gasteiger partial charge in [-0.05, 0) is 50.6 Å². The van der Waals surface area contributed by atoms with Gasteiger partial charge in [0.05, 0.1) is 42.2 Å². The fourth-order valence-corrected chi connectivity index (χ4v) is 5.06. The summed E-state index contributed by atoms with van der Waals surface area (Å²) in [5.74, 6) is -1.83. The maximum atomic E-state index is 12.9. The number of hydrazone groups is 1. The van der Waals surface area contributed by atoms with E-state index < -0.39 is 23.8 Å². The van der Waals surface area contributed by atoms with Gasteiger partial charge in [0.2, 0.25) is 0 Å². The lowest BCUT2D eigenvalue weighted by Gasteiger charge is -2.27. The van der Waals surface area contributed by atoms with Crippen LogP contribution in [0.5, 0.6) is 5.75 Å². The van der Waals surface area contributed by atoms with Gasteiger partial charge in [-0.3, -0.25) is 4.79 Å². The fourth-order valence-electron chi connectivity index (χ4n) is 5.06. The van der Waals surface area contributed by atoms with Crippen LogP contribution in [0.15, 0.2) is 119 Å². The summed E-state index contributed by atoms with van der Waals surface area (Å²) in [6.07, 6.45) is 4.94. The first-order valence-corrected chi connectivity index (χ1v) is 15.2. The standard InChI is InChI=1S/C36H35N5O6/c1-4-45-35(43)30-21-37-24(3)32(36(44)46-5-2)33(30)25-16-18-29(19-17-25)47-23-31(42)39-38-20-27-22-41(28-14-10-7-11-15-28)40-34(27)26-12-8-6-9-13-26/h6-22,33,37H,4-5,23H2,1-3H3,(H,39,42)/b38-20+. The summed E-state index contributed by atoms with van der Waals surface area (Å²) >= 11 is 0. The van der Waals surface area contributed by atoms with Crippen LogP contribution in [0.4, 0.5) is 0 Å². The molecule has 1 unspecified atom stereocenters.